The maximum atomic E-state index is 13.5. The van der Waals surface area contributed by atoms with Crippen molar-refractivity contribution in [1.29, 1.82) is 0 Å². The number of halogens is 1. The lowest BCUT2D eigenvalue weighted by Gasteiger charge is -2.25. The van der Waals surface area contributed by atoms with Gasteiger partial charge in [0.05, 0.1) is 6.20 Å². The van der Waals surface area contributed by atoms with Crippen LogP contribution in [0.3, 0.4) is 0 Å². The fourth-order valence-corrected chi connectivity index (χ4v) is 2.60. The standard InChI is InChI=1S/C16H24FN3/c1-2-7-20(11-12-3-4-12)16-13(8-14(17)10-19-16)9-18-15-5-6-15/h8,10,12,15,18H,2-7,9,11H2,1H3. The number of nitrogens with one attached hydrogen (secondary N) is 1. The van der Waals surface area contributed by atoms with Crippen molar-refractivity contribution in [2.24, 2.45) is 5.92 Å². The van der Waals surface area contributed by atoms with Crippen LogP contribution in [-0.4, -0.2) is 24.1 Å². The summed E-state index contributed by atoms with van der Waals surface area (Å²) in [5, 5.41) is 3.47. The predicted molar refractivity (Wildman–Crippen MR) is 79.3 cm³/mol. The topological polar surface area (TPSA) is 28.2 Å². The fourth-order valence-electron chi connectivity index (χ4n) is 2.60. The van der Waals surface area contributed by atoms with Crippen LogP contribution in [0, 0.1) is 11.7 Å². The van der Waals surface area contributed by atoms with Crippen LogP contribution in [0.2, 0.25) is 0 Å². The summed E-state index contributed by atoms with van der Waals surface area (Å²) < 4.78 is 13.5. The number of nitrogens with zero attached hydrogens (tertiary/aromatic N) is 2. The number of pyridine rings is 1. The molecule has 0 saturated heterocycles. The van der Waals surface area contributed by atoms with Gasteiger partial charge in [0, 0.05) is 31.2 Å². The zero-order chi connectivity index (χ0) is 13.9. The van der Waals surface area contributed by atoms with E-state index in [0.29, 0.717) is 6.04 Å². The smallest absolute Gasteiger partial charge is 0.141 e. The number of rotatable bonds is 8. The highest BCUT2D eigenvalue weighted by atomic mass is 19.1. The minimum atomic E-state index is -0.232. The van der Waals surface area contributed by atoms with Gasteiger partial charge in [0.15, 0.2) is 0 Å². The molecule has 0 aliphatic heterocycles. The quantitative estimate of drug-likeness (QED) is 0.791. The normalized spacial score (nSPS) is 18.3. The zero-order valence-corrected chi connectivity index (χ0v) is 12.2. The highest BCUT2D eigenvalue weighted by Gasteiger charge is 2.26. The van der Waals surface area contributed by atoms with Gasteiger partial charge in [-0.25, -0.2) is 9.37 Å². The molecule has 2 aliphatic carbocycles. The van der Waals surface area contributed by atoms with Gasteiger partial charge in [-0.1, -0.05) is 6.92 Å². The van der Waals surface area contributed by atoms with Crippen molar-refractivity contribution in [2.45, 2.75) is 51.6 Å². The minimum absolute atomic E-state index is 0.232. The van der Waals surface area contributed by atoms with Gasteiger partial charge in [-0.3, -0.25) is 0 Å². The van der Waals surface area contributed by atoms with E-state index in [1.165, 1.54) is 31.9 Å². The molecule has 1 aromatic heterocycles. The summed E-state index contributed by atoms with van der Waals surface area (Å²) in [5.41, 5.74) is 1.01. The predicted octanol–water partition coefficient (Wildman–Crippen LogP) is 3.10. The maximum absolute atomic E-state index is 13.5. The summed E-state index contributed by atoms with van der Waals surface area (Å²) in [7, 11) is 0. The Bertz CT molecular complexity index is 455. The summed E-state index contributed by atoms with van der Waals surface area (Å²) in [4.78, 5) is 6.74. The SMILES string of the molecule is CCCN(CC1CC1)c1ncc(F)cc1CNC1CC1. The molecule has 1 aromatic rings. The van der Waals surface area contributed by atoms with Crippen molar-refractivity contribution in [3.05, 3.63) is 23.6 Å². The lowest BCUT2D eigenvalue weighted by atomic mass is 10.2. The molecular formula is C16H24FN3. The second-order valence-electron chi connectivity index (χ2n) is 6.18. The van der Waals surface area contributed by atoms with E-state index in [1.807, 2.05) is 0 Å². The average molecular weight is 277 g/mol. The third kappa shape index (κ3) is 3.69. The molecule has 0 amide bonds. The monoisotopic (exact) mass is 277 g/mol. The average Bonchev–Trinajstić information content (AvgIpc) is 3.31. The van der Waals surface area contributed by atoms with Gasteiger partial charge in [-0.15, -0.1) is 0 Å². The largest absolute Gasteiger partial charge is 0.356 e. The first-order chi connectivity index (χ1) is 9.76. The van der Waals surface area contributed by atoms with E-state index >= 15 is 0 Å². The number of anilines is 1. The van der Waals surface area contributed by atoms with E-state index in [4.69, 9.17) is 0 Å². The summed E-state index contributed by atoms with van der Waals surface area (Å²) in [6.07, 6.45) is 7.61. The Kier molecular flexibility index (Phi) is 4.20. The van der Waals surface area contributed by atoms with Crippen molar-refractivity contribution < 1.29 is 4.39 Å². The van der Waals surface area contributed by atoms with Gasteiger partial charge in [0.2, 0.25) is 0 Å². The highest BCUT2D eigenvalue weighted by molar-refractivity contribution is 5.47. The first-order valence-electron chi connectivity index (χ1n) is 7.89. The molecule has 0 spiro atoms. The van der Waals surface area contributed by atoms with Gasteiger partial charge >= 0.3 is 0 Å². The van der Waals surface area contributed by atoms with Crippen LogP contribution in [0.1, 0.15) is 44.6 Å². The summed E-state index contributed by atoms with van der Waals surface area (Å²) >= 11 is 0. The first-order valence-corrected chi connectivity index (χ1v) is 7.89. The minimum Gasteiger partial charge on any atom is -0.356 e. The van der Waals surface area contributed by atoms with Crippen molar-refractivity contribution >= 4 is 5.82 Å². The molecule has 0 bridgehead atoms. The van der Waals surface area contributed by atoms with Gasteiger partial charge in [-0.05, 0) is 44.1 Å². The highest BCUT2D eigenvalue weighted by Crippen LogP contribution is 2.32. The molecule has 1 N–H and O–H groups in total. The second kappa shape index (κ2) is 6.08. The Balaban J connectivity index is 1.75. The molecule has 0 aromatic carbocycles. The van der Waals surface area contributed by atoms with Crippen LogP contribution >= 0.6 is 0 Å². The lowest BCUT2D eigenvalue weighted by Crippen LogP contribution is -2.29. The molecule has 0 unspecified atom stereocenters. The Hall–Kier alpha value is -1.16. The van der Waals surface area contributed by atoms with Gasteiger partial charge in [-0.2, -0.15) is 0 Å². The van der Waals surface area contributed by atoms with Crippen LogP contribution in [-0.2, 0) is 6.54 Å². The van der Waals surface area contributed by atoms with Crippen LogP contribution in [0.5, 0.6) is 0 Å². The van der Waals surface area contributed by atoms with Crippen molar-refractivity contribution in [3.63, 3.8) is 0 Å². The first kappa shape index (κ1) is 13.8. The Morgan fingerprint density at radius 1 is 1.35 bits per heavy atom. The molecule has 2 fully saturated rings. The molecule has 1 heterocycles. The third-order valence-corrected chi connectivity index (χ3v) is 4.04. The fraction of sp³-hybridized carbons (Fsp3) is 0.688. The van der Waals surface area contributed by atoms with Crippen LogP contribution in [0.25, 0.3) is 0 Å². The number of hydrogen-bond donors (Lipinski definition) is 1. The second-order valence-corrected chi connectivity index (χ2v) is 6.18. The molecule has 20 heavy (non-hydrogen) atoms. The molecule has 3 rings (SSSR count). The van der Waals surface area contributed by atoms with E-state index in [2.05, 4.69) is 22.1 Å². The summed E-state index contributed by atoms with van der Waals surface area (Å²) in [6.45, 7) is 5.00. The Labute approximate surface area is 120 Å². The van der Waals surface area contributed by atoms with Gasteiger partial charge < -0.3 is 10.2 Å². The summed E-state index contributed by atoms with van der Waals surface area (Å²) in [5.74, 6) is 1.56. The van der Waals surface area contributed by atoms with E-state index in [0.717, 1.165) is 43.4 Å². The molecule has 2 aliphatic rings. The molecule has 110 valence electrons. The molecule has 0 atom stereocenters. The molecule has 2 saturated carbocycles. The van der Waals surface area contributed by atoms with E-state index in [1.54, 1.807) is 6.07 Å². The third-order valence-electron chi connectivity index (χ3n) is 4.04. The molecule has 0 radical (unpaired) electrons. The van der Waals surface area contributed by atoms with Crippen molar-refractivity contribution in [1.82, 2.24) is 10.3 Å². The molecule has 4 heteroatoms. The van der Waals surface area contributed by atoms with Crippen LogP contribution < -0.4 is 10.2 Å². The lowest BCUT2D eigenvalue weighted by molar-refractivity contribution is 0.607. The Morgan fingerprint density at radius 2 is 2.15 bits per heavy atom. The van der Waals surface area contributed by atoms with Crippen molar-refractivity contribution in [2.75, 3.05) is 18.0 Å². The van der Waals surface area contributed by atoms with Gasteiger partial charge in [0.25, 0.3) is 0 Å². The number of hydrogen-bond acceptors (Lipinski definition) is 3. The van der Waals surface area contributed by atoms with Crippen LogP contribution in [0.15, 0.2) is 12.3 Å². The van der Waals surface area contributed by atoms with Crippen LogP contribution in [0.4, 0.5) is 10.2 Å². The van der Waals surface area contributed by atoms with E-state index < -0.39 is 0 Å². The zero-order valence-electron chi connectivity index (χ0n) is 12.2. The Morgan fingerprint density at radius 3 is 2.80 bits per heavy atom. The van der Waals surface area contributed by atoms with Gasteiger partial charge in [0.1, 0.15) is 11.6 Å². The van der Waals surface area contributed by atoms with E-state index in [-0.39, 0.29) is 5.82 Å². The van der Waals surface area contributed by atoms with E-state index in [9.17, 15) is 4.39 Å². The summed E-state index contributed by atoms with van der Waals surface area (Å²) in [6, 6.07) is 2.28. The van der Waals surface area contributed by atoms with Crippen molar-refractivity contribution in [3.8, 4) is 0 Å². The molecule has 3 nitrogen and oxygen atoms in total. The maximum Gasteiger partial charge on any atom is 0.141 e. The molecular weight excluding hydrogens is 253 g/mol. The number of aromatic nitrogens is 1.